The Bertz CT molecular complexity index is 2210. The van der Waals surface area contributed by atoms with E-state index in [2.05, 4.69) is 13.8 Å². The van der Waals surface area contributed by atoms with Crippen molar-refractivity contribution < 1.29 is 38.0 Å². The van der Waals surface area contributed by atoms with Gasteiger partial charge in [-0.3, -0.25) is 0 Å². The van der Waals surface area contributed by atoms with E-state index in [0.717, 1.165) is 48.7 Å². The Hall–Kier alpha value is -6.27. The third-order valence-corrected chi connectivity index (χ3v) is 11.9. The van der Waals surface area contributed by atoms with Crippen LogP contribution < -0.4 is 28.4 Å². The van der Waals surface area contributed by atoms with Crippen molar-refractivity contribution in [2.24, 2.45) is 0 Å². The smallest absolute Gasteiger partial charge is 0.343 e. The molecule has 5 aromatic rings. The van der Waals surface area contributed by atoms with Crippen LogP contribution in [-0.4, -0.2) is 25.2 Å². The number of rotatable bonds is 34. The molecule has 5 aromatic carbocycles. The molecule has 0 aromatic heterocycles. The molecule has 5 rings (SSSR count). The molecule has 0 saturated carbocycles. The fourth-order valence-corrected chi connectivity index (χ4v) is 7.70. The maximum Gasteiger partial charge on any atom is 0.343 e. The Labute approximate surface area is 406 Å². The Balaban J connectivity index is 0.978. The molecule has 0 radical (unpaired) electrons. The molecule has 0 atom stereocenters. The molecule has 0 saturated heterocycles. The molecule has 0 spiro atoms. The van der Waals surface area contributed by atoms with Crippen LogP contribution >= 0.6 is 0 Å². The van der Waals surface area contributed by atoms with Crippen molar-refractivity contribution in [2.75, 3.05) is 13.2 Å². The van der Waals surface area contributed by atoms with E-state index in [1.165, 1.54) is 134 Å². The first kappa shape index (κ1) is 52.7. The number of esters is 2. The fourth-order valence-electron chi connectivity index (χ4n) is 7.70. The number of carbonyl (C=O) groups is 2. The second-order valence-corrected chi connectivity index (χ2v) is 17.5. The number of hydrogen-bond acceptors (Lipinski definition) is 9. The van der Waals surface area contributed by atoms with Gasteiger partial charge in [0.15, 0.2) is 5.75 Å². The Morgan fingerprint density at radius 2 is 0.735 bits per heavy atom. The first-order valence-electron chi connectivity index (χ1n) is 25.3. The molecule has 0 aliphatic carbocycles. The zero-order chi connectivity index (χ0) is 47.9. The number of nitrogens with zero attached hydrogens (tertiary/aromatic N) is 1. The maximum absolute atomic E-state index is 13.1. The summed E-state index contributed by atoms with van der Waals surface area (Å²) in [6.45, 7) is 6.67. The van der Waals surface area contributed by atoms with Crippen molar-refractivity contribution in [3.8, 4) is 40.6 Å². The Morgan fingerprint density at radius 1 is 0.397 bits per heavy atom. The SMILES string of the molecule is CCCCCCCCCCCCOc1ccc(COc2ccc(C(=O)Oc3ccc(C#N)c(OC(=O)c4ccc(OCc5ccc(OCCCCCCCCCCCC)cc5)cc4)c3)cc2)cc1. The van der Waals surface area contributed by atoms with Crippen LogP contribution in [0.2, 0.25) is 0 Å². The third-order valence-electron chi connectivity index (χ3n) is 11.9. The standard InChI is InChI=1S/C59H73NO8/c1-3-5-7-9-11-13-15-17-19-21-41-63-52-32-23-47(24-33-52)45-65-54-36-27-49(28-37-54)58(61)67-56-40-31-51(44-60)57(43-56)68-59(62)50-29-38-55(39-30-50)66-46-48-25-34-53(35-26-48)64-42-22-20-18-16-14-12-10-8-6-4-2/h23-40,43H,3-22,41-42,45-46H2,1-2H3. The van der Waals surface area contributed by atoms with Gasteiger partial charge in [0.2, 0.25) is 0 Å². The topological polar surface area (TPSA) is 113 Å². The molecule has 9 nitrogen and oxygen atoms in total. The van der Waals surface area contributed by atoms with E-state index in [1.807, 2.05) is 54.6 Å². The fraction of sp³-hybridized carbons (Fsp3) is 0.441. The van der Waals surface area contributed by atoms with Gasteiger partial charge in [-0.2, -0.15) is 5.26 Å². The highest BCUT2D eigenvalue weighted by molar-refractivity contribution is 5.92. The number of hydrogen-bond donors (Lipinski definition) is 0. The number of nitriles is 1. The highest BCUT2D eigenvalue weighted by Crippen LogP contribution is 2.27. The van der Waals surface area contributed by atoms with E-state index in [1.54, 1.807) is 48.5 Å². The molecule has 9 heteroatoms. The minimum absolute atomic E-state index is 0.0310. The van der Waals surface area contributed by atoms with E-state index in [0.29, 0.717) is 30.3 Å². The van der Waals surface area contributed by atoms with Crippen molar-refractivity contribution in [1.82, 2.24) is 0 Å². The van der Waals surface area contributed by atoms with Gasteiger partial charge in [-0.25, -0.2) is 9.59 Å². The summed E-state index contributed by atoms with van der Waals surface area (Å²) in [7, 11) is 0. The Morgan fingerprint density at radius 3 is 1.13 bits per heavy atom. The molecule has 0 heterocycles. The van der Waals surface area contributed by atoms with E-state index in [4.69, 9.17) is 28.4 Å². The van der Waals surface area contributed by atoms with Gasteiger partial charge in [0, 0.05) is 6.07 Å². The lowest BCUT2D eigenvalue weighted by atomic mass is 10.1. The summed E-state index contributed by atoms with van der Waals surface area (Å²) in [6.07, 6.45) is 25.9. The third kappa shape index (κ3) is 20.3. The molecule has 0 amide bonds. The molecule has 0 aliphatic rings. The zero-order valence-electron chi connectivity index (χ0n) is 40.7. The summed E-state index contributed by atoms with van der Waals surface area (Å²) in [5.41, 5.74) is 2.66. The van der Waals surface area contributed by atoms with Gasteiger partial charge >= 0.3 is 11.9 Å². The van der Waals surface area contributed by atoms with Crippen molar-refractivity contribution >= 4 is 11.9 Å². The highest BCUT2D eigenvalue weighted by atomic mass is 16.5. The maximum atomic E-state index is 13.1. The van der Waals surface area contributed by atoms with E-state index < -0.39 is 11.9 Å². The number of benzene rings is 5. The van der Waals surface area contributed by atoms with Crippen LogP contribution in [0.3, 0.4) is 0 Å². The molecule has 0 bridgehead atoms. The van der Waals surface area contributed by atoms with Crippen molar-refractivity contribution in [3.05, 3.63) is 143 Å². The quantitative estimate of drug-likeness (QED) is 0.0226. The minimum Gasteiger partial charge on any atom is -0.494 e. The lowest BCUT2D eigenvalue weighted by Crippen LogP contribution is -2.11. The molecule has 68 heavy (non-hydrogen) atoms. The largest absolute Gasteiger partial charge is 0.494 e. The van der Waals surface area contributed by atoms with Crippen LogP contribution in [0.5, 0.6) is 34.5 Å². The summed E-state index contributed by atoms with van der Waals surface area (Å²) in [4.78, 5) is 26.2. The molecule has 0 N–H and O–H groups in total. The predicted molar refractivity (Wildman–Crippen MR) is 270 cm³/mol. The van der Waals surface area contributed by atoms with Crippen molar-refractivity contribution in [2.45, 2.75) is 155 Å². The summed E-state index contributed by atoms with van der Waals surface area (Å²) in [5.74, 6) is 1.67. The van der Waals surface area contributed by atoms with Crippen LogP contribution in [0, 0.1) is 11.3 Å². The summed E-state index contributed by atoms with van der Waals surface area (Å²) in [5, 5.41) is 9.72. The van der Waals surface area contributed by atoms with Crippen LogP contribution in [-0.2, 0) is 13.2 Å². The number of ether oxygens (including phenoxy) is 6. The van der Waals surface area contributed by atoms with E-state index >= 15 is 0 Å². The average molecular weight is 924 g/mol. The van der Waals surface area contributed by atoms with Gasteiger partial charge < -0.3 is 28.4 Å². The average Bonchev–Trinajstić information content (AvgIpc) is 3.37. The van der Waals surface area contributed by atoms with Gasteiger partial charge in [0.25, 0.3) is 0 Å². The molecule has 0 unspecified atom stereocenters. The van der Waals surface area contributed by atoms with E-state index in [9.17, 15) is 14.9 Å². The first-order chi connectivity index (χ1) is 33.4. The molecule has 362 valence electrons. The predicted octanol–water partition coefficient (Wildman–Crippen LogP) is 15.8. The summed E-state index contributed by atoms with van der Waals surface area (Å²) >= 11 is 0. The molecule has 0 fully saturated rings. The summed E-state index contributed by atoms with van der Waals surface area (Å²) < 4.78 is 35.0. The summed E-state index contributed by atoms with van der Waals surface area (Å²) in [6, 6.07) is 35.3. The van der Waals surface area contributed by atoms with Crippen LogP contribution in [0.1, 0.15) is 180 Å². The minimum atomic E-state index is -0.677. The van der Waals surface area contributed by atoms with Gasteiger partial charge in [0.1, 0.15) is 48.0 Å². The van der Waals surface area contributed by atoms with Gasteiger partial charge in [0.05, 0.1) is 29.9 Å². The number of unbranched alkanes of at least 4 members (excludes halogenated alkanes) is 18. The van der Waals surface area contributed by atoms with Gasteiger partial charge in [-0.1, -0.05) is 154 Å². The van der Waals surface area contributed by atoms with Crippen LogP contribution in [0.15, 0.2) is 115 Å². The molecule has 0 aliphatic heterocycles. The van der Waals surface area contributed by atoms with Crippen molar-refractivity contribution in [3.63, 3.8) is 0 Å². The highest BCUT2D eigenvalue weighted by Gasteiger charge is 2.16. The Kier molecular flexibility index (Phi) is 24.5. The van der Waals surface area contributed by atoms with Crippen LogP contribution in [0.25, 0.3) is 0 Å². The normalized spacial score (nSPS) is 10.8. The lowest BCUT2D eigenvalue weighted by Gasteiger charge is -2.11. The number of carbonyl (C=O) groups excluding carboxylic acids is 2. The lowest BCUT2D eigenvalue weighted by molar-refractivity contribution is 0.0732. The molecular weight excluding hydrogens is 851 g/mol. The first-order valence-corrected chi connectivity index (χ1v) is 25.3. The molecular formula is C59H73NO8. The monoisotopic (exact) mass is 924 g/mol. The second kappa shape index (κ2) is 31.7. The second-order valence-electron chi connectivity index (χ2n) is 17.5. The zero-order valence-corrected chi connectivity index (χ0v) is 40.7. The van der Waals surface area contributed by atoms with Gasteiger partial charge in [-0.15, -0.1) is 0 Å². The van der Waals surface area contributed by atoms with Crippen LogP contribution in [0.4, 0.5) is 0 Å². The van der Waals surface area contributed by atoms with Gasteiger partial charge in [-0.05, 0) is 109 Å². The van der Waals surface area contributed by atoms with Crippen molar-refractivity contribution in [1.29, 1.82) is 5.26 Å². The van der Waals surface area contributed by atoms with E-state index in [-0.39, 0.29) is 22.6 Å².